The van der Waals surface area contributed by atoms with Gasteiger partial charge in [-0.3, -0.25) is 9.59 Å². The zero-order chi connectivity index (χ0) is 25.9. The highest BCUT2D eigenvalue weighted by Crippen LogP contribution is 2.74. The summed E-state index contributed by atoms with van der Waals surface area (Å²) in [6.07, 6.45) is 0. The molecule has 1 fully saturated rings. The van der Waals surface area contributed by atoms with Crippen molar-refractivity contribution in [1.82, 2.24) is 0 Å². The minimum Gasteiger partial charge on any atom is -0.369 e. The van der Waals surface area contributed by atoms with E-state index in [0.717, 1.165) is 30.3 Å². The number of amides is 2. The molecule has 0 radical (unpaired) electrons. The maximum absolute atomic E-state index is 15.7. The van der Waals surface area contributed by atoms with Gasteiger partial charge >= 0.3 is 0 Å². The van der Waals surface area contributed by atoms with Crippen LogP contribution in [0.5, 0.6) is 0 Å². The maximum Gasteiger partial charge on any atom is 0.261 e. The average molecular weight is 550 g/mol. The molecule has 2 atom stereocenters. The van der Waals surface area contributed by atoms with Gasteiger partial charge in [-0.1, -0.05) is 46.9 Å². The highest BCUT2D eigenvalue weighted by molar-refractivity contribution is 6.55. The molecule has 1 aliphatic carbocycles. The lowest BCUT2D eigenvalue weighted by Gasteiger charge is -2.18. The summed E-state index contributed by atoms with van der Waals surface area (Å²) in [5.74, 6) is -9.72. The molecule has 1 aliphatic rings. The van der Waals surface area contributed by atoms with Gasteiger partial charge in [0.25, 0.3) is 5.91 Å². The van der Waals surface area contributed by atoms with Gasteiger partial charge in [0.15, 0.2) is 0 Å². The number of nitrogens with two attached hydrogens (primary N) is 1. The first-order valence-electron chi connectivity index (χ1n) is 9.71. The Labute approximate surface area is 209 Å². The summed E-state index contributed by atoms with van der Waals surface area (Å²) in [5.41, 5.74) is 1.12. The number of alkyl halides is 2. The third kappa shape index (κ3) is 3.82. The first kappa shape index (κ1) is 25.2. The molecule has 3 aromatic carbocycles. The number of nitrogens with one attached hydrogen (secondary N) is 1. The van der Waals surface area contributed by atoms with Crippen LogP contribution in [0.2, 0.25) is 5.02 Å². The Morgan fingerprint density at radius 3 is 2.14 bits per heavy atom. The van der Waals surface area contributed by atoms with E-state index < -0.39 is 73.4 Å². The molecule has 2 unspecified atom stereocenters. The van der Waals surface area contributed by atoms with Crippen molar-refractivity contribution < 1.29 is 31.5 Å². The van der Waals surface area contributed by atoms with Gasteiger partial charge in [-0.05, 0) is 35.9 Å². The van der Waals surface area contributed by atoms with Crippen LogP contribution < -0.4 is 11.1 Å². The zero-order valence-electron chi connectivity index (χ0n) is 17.1. The van der Waals surface area contributed by atoms with Gasteiger partial charge in [0.1, 0.15) is 44.4 Å². The quantitative estimate of drug-likeness (QED) is 0.304. The number of hydrogen-bond donors (Lipinski definition) is 2. The van der Waals surface area contributed by atoms with Crippen molar-refractivity contribution >= 4 is 52.3 Å². The van der Waals surface area contributed by atoms with Crippen molar-refractivity contribution in [2.24, 2.45) is 5.73 Å². The second kappa shape index (κ2) is 8.65. The van der Waals surface area contributed by atoms with E-state index in [4.69, 9.17) is 40.5 Å². The molecule has 35 heavy (non-hydrogen) atoms. The largest absolute Gasteiger partial charge is 0.369 e. The standard InChI is InChI=1S/C23H12Cl3F5N2O2/c24-12-7-9(1-4-13(12)28)19-22(21(32)35,23(19,25)26)11-3-5-14(29)17(18(11)31)20(34)33-16-6-2-10(27)8-15(16)30/h1-8,19H,(H2,32,35)(H,33,34). The van der Waals surface area contributed by atoms with Gasteiger partial charge in [0, 0.05) is 17.5 Å². The summed E-state index contributed by atoms with van der Waals surface area (Å²) in [6, 6.07) is 6.96. The number of anilines is 1. The first-order chi connectivity index (χ1) is 16.3. The molecule has 1 saturated carbocycles. The predicted molar refractivity (Wildman–Crippen MR) is 120 cm³/mol. The van der Waals surface area contributed by atoms with E-state index in [-0.39, 0.29) is 10.6 Å². The van der Waals surface area contributed by atoms with Crippen molar-refractivity contribution in [1.29, 1.82) is 0 Å². The SMILES string of the molecule is NC(=O)C1(c2ccc(F)c(C(=O)Nc3ccc(F)cc3F)c2F)C(c2ccc(F)c(Cl)c2)C1(Cl)Cl. The molecule has 0 saturated heterocycles. The molecule has 3 N–H and O–H groups in total. The summed E-state index contributed by atoms with van der Waals surface area (Å²) in [4.78, 5) is 25.3. The second-order valence-electron chi connectivity index (χ2n) is 7.76. The third-order valence-electron chi connectivity index (χ3n) is 5.83. The molecule has 0 aliphatic heterocycles. The fourth-order valence-corrected chi connectivity index (χ4v) is 5.44. The van der Waals surface area contributed by atoms with Gasteiger partial charge in [-0.25, -0.2) is 22.0 Å². The highest BCUT2D eigenvalue weighted by Gasteiger charge is 2.81. The van der Waals surface area contributed by atoms with Gasteiger partial charge in [0.05, 0.1) is 10.7 Å². The molecular weight excluding hydrogens is 538 g/mol. The molecule has 12 heteroatoms. The number of primary amides is 1. The second-order valence-corrected chi connectivity index (χ2v) is 9.56. The van der Waals surface area contributed by atoms with Crippen molar-refractivity contribution in [3.8, 4) is 0 Å². The lowest BCUT2D eigenvalue weighted by Crippen LogP contribution is -2.35. The van der Waals surface area contributed by atoms with Crippen molar-refractivity contribution in [2.75, 3.05) is 5.32 Å². The summed E-state index contributed by atoms with van der Waals surface area (Å²) in [5, 5.41) is 1.60. The van der Waals surface area contributed by atoms with E-state index in [2.05, 4.69) is 0 Å². The van der Waals surface area contributed by atoms with E-state index in [0.29, 0.717) is 12.1 Å². The Bertz CT molecular complexity index is 1400. The van der Waals surface area contributed by atoms with Gasteiger partial charge < -0.3 is 11.1 Å². The number of halogens is 8. The minimum absolute atomic E-state index is 0.128. The number of carbonyl (C=O) groups excluding carboxylic acids is 2. The van der Waals surface area contributed by atoms with Crippen LogP contribution in [0, 0.1) is 29.1 Å². The lowest BCUT2D eigenvalue weighted by atomic mass is 9.88. The number of carbonyl (C=O) groups is 2. The minimum atomic E-state index is -2.20. The van der Waals surface area contributed by atoms with Gasteiger partial charge in [0.2, 0.25) is 5.91 Å². The topological polar surface area (TPSA) is 72.2 Å². The molecule has 0 aromatic heterocycles. The average Bonchev–Trinajstić information content (AvgIpc) is 3.29. The summed E-state index contributed by atoms with van der Waals surface area (Å²) in [7, 11) is 0. The fraction of sp³-hybridized carbons (Fsp3) is 0.130. The molecule has 0 spiro atoms. The number of hydrogen-bond acceptors (Lipinski definition) is 2. The molecular formula is C23H12Cl3F5N2O2. The van der Waals surface area contributed by atoms with Gasteiger partial charge in [-0.15, -0.1) is 0 Å². The van der Waals surface area contributed by atoms with Crippen LogP contribution in [0.1, 0.15) is 27.4 Å². The normalized spacial score (nSPS) is 20.4. The Kier molecular flexibility index (Phi) is 6.24. The Morgan fingerprint density at radius 2 is 1.54 bits per heavy atom. The zero-order valence-corrected chi connectivity index (χ0v) is 19.4. The Hall–Kier alpha value is -2.88. The monoisotopic (exact) mass is 548 g/mol. The molecule has 4 nitrogen and oxygen atoms in total. The van der Waals surface area contributed by atoms with E-state index in [1.807, 2.05) is 5.32 Å². The molecule has 3 aromatic rings. The van der Waals surface area contributed by atoms with Crippen molar-refractivity contribution in [3.63, 3.8) is 0 Å². The predicted octanol–water partition coefficient (Wildman–Crippen LogP) is 5.98. The van der Waals surface area contributed by atoms with Crippen LogP contribution in [0.3, 0.4) is 0 Å². The van der Waals surface area contributed by atoms with Crippen LogP contribution in [-0.4, -0.2) is 16.1 Å². The van der Waals surface area contributed by atoms with Crippen molar-refractivity contribution in [2.45, 2.75) is 15.7 Å². The summed E-state index contributed by atoms with van der Waals surface area (Å²) in [6.45, 7) is 0. The van der Waals surface area contributed by atoms with Crippen LogP contribution in [0.25, 0.3) is 0 Å². The number of rotatable bonds is 5. The molecule has 4 rings (SSSR count). The maximum atomic E-state index is 15.7. The van der Waals surface area contributed by atoms with Crippen LogP contribution in [0.4, 0.5) is 27.6 Å². The van der Waals surface area contributed by atoms with Crippen molar-refractivity contribution in [3.05, 3.63) is 99.3 Å². The van der Waals surface area contributed by atoms with Crippen LogP contribution >= 0.6 is 34.8 Å². The summed E-state index contributed by atoms with van der Waals surface area (Å²) >= 11 is 18.6. The van der Waals surface area contributed by atoms with E-state index in [9.17, 15) is 27.2 Å². The lowest BCUT2D eigenvalue weighted by molar-refractivity contribution is -0.120. The smallest absolute Gasteiger partial charge is 0.261 e. The fourth-order valence-electron chi connectivity index (χ4n) is 4.17. The molecule has 0 bridgehead atoms. The Morgan fingerprint density at radius 1 is 0.886 bits per heavy atom. The highest BCUT2D eigenvalue weighted by atomic mass is 35.5. The molecule has 182 valence electrons. The number of benzene rings is 3. The summed E-state index contributed by atoms with van der Waals surface area (Å²) < 4.78 is 68.9. The first-order valence-corrected chi connectivity index (χ1v) is 10.8. The third-order valence-corrected chi connectivity index (χ3v) is 7.15. The Balaban J connectivity index is 1.83. The van der Waals surface area contributed by atoms with E-state index in [1.54, 1.807) is 0 Å². The van der Waals surface area contributed by atoms with E-state index in [1.165, 1.54) is 6.07 Å². The van der Waals surface area contributed by atoms with Crippen LogP contribution in [-0.2, 0) is 10.2 Å². The molecule has 0 heterocycles. The molecule has 2 amide bonds. The van der Waals surface area contributed by atoms with E-state index >= 15 is 4.39 Å². The van der Waals surface area contributed by atoms with Gasteiger partial charge in [-0.2, -0.15) is 0 Å². The van der Waals surface area contributed by atoms with Crippen LogP contribution in [0.15, 0.2) is 48.5 Å².